The fourth-order valence-electron chi connectivity index (χ4n) is 3.12. The Morgan fingerprint density at radius 1 is 1.03 bits per heavy atom. The molecule has 0 saturated heterocycles. The average Bonchev–Trinajstić information content (AvgIpc) is 3.34. The monoisotopic (exact) mass is 490 g/mol. The molecule has 1 aromatic heterocycles. The summed E-state index contributed by atoms with van der Waals surface area (Å²) in [5.41, 5.74) is 1.47. The number of carbonyl (C=O) groups is 1. The van der Waals surface area contributed by atoms with Crippen LogP contribution in [0.1, 0.15) is 16.1 Å². The lowest BCUT2D eigenvalue weighted by atomic mass is 10.2. The lowest BCUT2D eigenvalue weighted by Crippen LogP contribution is -2.14. The van der Waals surface area contributed by atoms with E-state index in [0.29, 0.717) is 16.3 Å². The van der Waals surface area contributed by atoms with Gasteiger partial charge in [0.15, 0.2) is 12.4 Å². The molecule has 178 valence electrons. The molecular formula is C25H22N4O5S. The highest BCUT2D eigenvalue weighted by molar-refractivity contribution is 7.99. The van der Waals surface area contributed by atoms with Crippen LogP contribution in [0, 0.1) is 17.0 Å². The quantitative estimate of drug-likeness (QED) is 0.242. The van der Waals surface area contributed by atoms with Crippen LogP contribution in [0.15, 0.2) is 88.8 Å². The van der Waals surface area contributed by atoms with E-state index >= 15 is 0 Å². The third-order valence-electron chi connectivity index (χ3n) is 4.91. The van der Waals surface area contributed by atoms with Crippen molar-refractivity contribution in [2.45, 2.75) is 23.4 Å². The number of aromatic nitrogens is 2. The maximum absolute atomic E-state index is 12.7. The molecule has 9 nitrogen and oxygen atoms in total. The Morgan fingerprint density at radius 3 is 2.43 bits per heavy atom. The number of nitro groups is 1. The Hall–Kier alpha value is -4.31. The van der Waals surface area contributed by atoms with Crippen molar-refractivity contribution in [2.75, 3.05) is 12.4 Å². The van der Waals surface area contributed by atoms with Crippen molar-refractivity contribution in [3.63, 3.8) is 0 Å². The number of benzene rings is 3. The van der Waals surface area contributed by atoms with E-state index in [1.54, 1.807) is 49.7 Å². The summed E-state index contributed by atoms with van der Waals surface area (Å²) < 4.78 is 12.3. The number of nitrogens with zero attached hydrogens (tertiary/aromatic N) is 3. The Morgan fingerprint density at radius 2 is 1.74 bits per heavy atom. The minimum absolute atomic E-state index is 0.105. The van der Waals surface area contributed by atoms with Crippen LogP contribution in [0.2, 0.25) is 0 Å². The van der Waals surface area contributed by atoms with Gasteiger partial charge in [-0.05, 0) is 55.5 Å². The zero-order valence-corrected chi connectivity index (χ0v) is 19.8. The minimum Gasteiger partial charge on any atom is -0.497 e. The molecule has 0 unspecified atom stereocenters. The molecule has 0 radical (unpaired) electrons. The van der Waals surface area contributed by atoms with Crippen LogP contribution >= 0.6 is 11.8 Å². The van der Waals surface area contributed by atoms with Gasteiger partial charge < -0.3 is 14.8 Å². The van der Waals surface area contributed by atoms with Gasteiger partial charge in [0.2, 0.25) is 0 Å². The van der Waals surface area contributed by atoms with Crippen LogP contribution in [0.5, 0.6) is 11.5 Å². The lowest BCUT2D eigenvalue weighted by molar-refractivity contribution is -0.385. The third kappa shape index (κ3) is 6.39. The highest BCUT2D eigenvalue weighted by atomic mass is 32.2. The van der Waals surface area contributed by atoms with Gasteiger partial charge in [-0.1, -0.05) is 29.5 Å². The van der Waals surface area contributed by atoms with Gasteiger partial charge in [0.05, 0.1) is 12.0 Å². The number of hydrogen-bond acceptors (Lipinski definition) is 7. The molecule has 0 atom stereocenters. The molecule has 0 bridgehead atoms. The molecule has 1 heterocycles. The second-order valence-electron chi connectivity index (χ2n) is 7.53. The number of ether oxygens (including phenoxy) is 2. The summed E-state index contributed by atoms with van der Waals surface area (Å²) in [6.45, 7) is 2.09. The number of methoxy groups -OCH3 is 1. The number of hydrogen-bond donors (Lipinski definition) is 1. The summed E-state index contributed by atoms with van der Waals surface area (Å²) in [6, 6.07) is 21.0. The Bertz CT molecular complexity index is 1340. The fourth-order valence-corrected chi connectivity index (χ4v) is 4.03. The Balaban J connectivity index is 1.43. The normalized spacial score (nSPS) is 10.6. The lowest BCUT2D eigenvalue weighted by Gasteiger charge is -2.08. The minimum atomic E-state index is -0.486. The number of anilines is 1. The largest absolute Gasteiger partial charge is 0.497 e. The van der Waals surface area contributed by atoms with E-state index in [4.69, 9.17) is 9.47 Å². The van der Waals surface area contributed by atoms with Crippen molar-refractivity contribution in [1.82, 2.24) is 9.78 Å². The fraction of sp³-hybridized carbons (Fsp3) is 0.120. The van der Waals surface area contributed by atoms with Crippen LogP contribution in [-0.4, -0.2) is 27.7 Å². The van der Waals surface area contributed by atoms with Gasteiger partial charge in [0.25, 0.3) is 11.6 Å². The van der Waals surface area contributed by atoms with E-state index in [1.165, 1.54) is 28.6 Å². The van der Waals surface area contributed by atoms with Crippen LogP contribution in [-0.2, 0) is 6.73 Å². The molecule has 0 saturated carbocycles. The predicted octanol–water partition coefficient (Wildman–Crippen LogP) is 5.55. The summed E-state index contributed by atoms with van der Waals surface area (Å²) in [7, 11) is 1.59. The van der Waals surface area contributed by atoms with Crippen molar-refractivity contribution < 1.29 is 19.2 Å². The van der Waals surface area contributed by atoms with Crippen LogP contribution in [0.25, 0.3) is 0 Å². The summed E-state index contributed by atoms with van der Waals surface area (Å²) in [5.74, 6) is 0.861. The first-order chi connectivity index (χ1) is 16.9. The van der Waals surface area contributed by atoms with Crippen molar-refractivity contribution >= 4 is 29.0 Å². The number of rotatable bonds is 9. The van der Waals surface area contributed by atoms with E-state index in [0.717, 1.165) is 16.2 Å². The van der Waals surface area contributed by atoms with Crippen LogP contribution in [0.3, 0.4) is 0 Å². The number of carbonyl (C=O) groups excluding carboxylic acids is 1. The Labute approximate surface area is 205 Å². The number of nitro benzene ring substituents is 1. The first kappa shape index (κ1) is 23.8. The van der Waals surface area contributed by atoms with Gasteiger partial charge in [-0.25, -0.2) is 4.68 Å². The topological polar surface area (TPSA) is 109 Å². The SMILES string of the molecule is COc1ccc(OCn2ccc(C(=O)Nc3cc(Sc4ccc(C)cc4)cc([N+](=O)[O-])c3)n2)cc1. The summed E-state index contributed by atoms with van der Waals surface area (Å²) >= 11 is 1.38. The zero-order chi connectivity index (χ0) is 24.8. The molecule has 0 aliphatic heterocycles. The molecule has 4 rings (SSSR count). The molecule has 35 heavy (non-hydrogen) atoms. The van der Waals surface area contributed by atoms with E-state index in [1.807, 2.05) is 31.2 Å². The first-order valence-corrected chi connectivity index (χ1v) is 11.4. The van der Waals surface area contributed by atoms with E-state index in [2.05, 4.69) is 10.4 Å². The molecule has 10 heteroatoms. The maximum atomic E-state index is 12.7. The van der Waals surface area contributed by atoms with Gasteiger partial charge >= 0.3 is 0 Å². The number of amides is 1. The molecule has 0 aliphatic rings. The summed E-state index contributed by atoms with van der Waals surface area (Å²) in [5, 5.41) is 18.4. The highest BCUT2D eigenvalue weighted by Gasteiger charge is 2.15. The van der Waals surface area contributed by atoms with Gasteiger partial charge in [-0.3, -0.25) is 14.9 Å². The van der Waals surface area contributed by atoms with Crippen molar-refractivity contribution in [2.24, 2.45) is 0 Å². The summed E-state index contributed by atoms with van der Waals surface area (Å²) in [4.78, 5) is 25.3. The third-order valence-corrected chi connectivity index (χ3v) is 5.89. The number of non-ortho nitro benzene ring substituents is 1. The van der Waals surface area contributed by atoms with Crippen molar-refractivity contribution in [3.05, 3.63) is 100 Å². The van der Waals surface area contributed by atoms with Crippen molar-refractivity contribution in [3.8, 4) is 11.5 Å². The second-order valence-corrected chi connectivity index (χ2v) is 8.68. The molecule has 0 fully saturated rings. The first-order valence-electron chi connectivity index (χ1n) is 10.6. The van der Waals surface area contributed by atoms with Gasteiger partial charge in [0, 0.05) is 33.8 Å². The smallest absolute Gasteiger partial charge is 0.276 e. The molecular weight excluding hydrogens is 468 g/mol. The Kier molecular flexibility index (Phi) is 7.32. The van der Waals surface area contributed by atoms with Gasteiger partial charge in [-0.15, -0.1) is 0 Å². The number of aryl methyl sites for hydroxylation is 1. The van der Waals surface area contributed by atoms with E-state index < -0.39 is 10.8 Å². The standard InChI is InChI=1S/C25H22N4O5S/c1-17-3-9-22(10-4-17)35-23-14-18(13-19(15-23)29(31)32)26-25(30)24-11-12-28(27-24)16-34-21-7-5-20(33-2)6-8-21/h3-15H,16H2,1-2H3,(H,26,30). The average molecular weight is 491 g/mol. The van der Waals surface area contributed by atoms with Gasteiger partial charge in [-0.2, -0.15) is 5.10 Å². The molecule has 1 N–H and O–H groups in total. The molecule has 4 aromatic rings. The van der Waals surface area contributed by atoms with Crippen LogP contribution < -0.4 is 14.8 Å². The highest BCUT2D eigenvalue weighted by Crippen LogP contribution is 2.33. The second kappa shape index (κ2) is 10.7. The maximum Gasteiger partial charge on any atom is 0.276 e. The molecule has 0 aliphatic carbocycles. The van der Waals surface area contributed by atoms with E-state index in [-0.39, 0.29) is 18.1 Å². The van der Waals surface area contributed by atoms with Gasteiger partial charge in [0.1, 0.15) is 11.5 Å². The molecule has 3 aromatic carbocycles. The van der Waals surface area contributed by atoms with Crippen LogP contribution in [0.4, 0.5) is 11.4 Å². The predicted molar refractivity (Wildman–Crippen MR) is 132 cm³/mol. The molecule has 0 spiro atoms. The van der Waals surface area contributed by atoms with Crippen molar-refractivity contribution in [1.29, 1.82) is 0 Å². The molecule has 1 amide bonds. The number of nitrogens with one attached hydrogen (secondary N) is 1. The zero-order valence-electron chi connectivity index (χ0n) is 19.0. The van der Waals surface area contributed by atoms with E-state index in [9.17, 15) is 14.9 Å². The summed E-state index contributed by atoms with van der Waals surface area (Å²) in [6.07, 6.45) is 1.62.